The number of carbonyl (C=O) groups is 1. The number of benzene rings is 1. The molecule has 7 nitrogen and oxygen atoms in total. The number of carbonyl (C=O) groups excluding carboxylic acids is 1. The van der Waals surface area contributed by atoms with Gasteiger partial charge >= 0.3 is 0 Å². The highest BCUT2D eigenvalue weighted by molar-refractivity contribution is 7.89. The lowest BCUT2D eigenvalue weighted by Gasteiger charge is -2.21. The predicted octanol–water partition coefficient (Wildman–Crippen LogP) is 1.06. The summed E-state index contributed by atoms with van der Waals surface area (Å²) in [4.78, 5) is 21.5. The monoisotopic (exact) mass is 336 g/mol. The third kappa shape index (κ3) is 3.23. The van der Waals surface area contributed by atoms with Crippen molar-refractivity contribution in [2.45, 2.75) is 13.3 Å². The molecule has 0 spiro atoms. The second-order valence-corrected chi connectivity index (χ2v) is 7.84. The van der Waals surface area contributed by atoms with Crippen molar-refractivity contribution in [1.82, 2.24) is 19.2 Å². The van der Waals surface area contributed by atoms with Crippen molar-refractivity contribution in [3.05, 3.63) is 30.1 Å². The van der Waals surface area contributed by atoms with Crippen LogP contribution >= 0.6 is 0 Å². The van der Waals surface area contributed by atoms with Crippen molar-refractivity contribution in [1.29, 1.82) is 0 Å². The Balaban J connectivity index is 1.75. The number of hydrogen-bond donors (Lipinski definition) is 1. The standard InChI is InChI=1S/C15H20N4O3S/c1-2-23(21,22)19-7-3-6-18(8-9-19)15(20)12-4-5-13-14(10-12)17-11-16-13/h4-5,10-11H,2-3,6-9H2,1H3,(H,16,17). The average molecular weight is 336 g/mol. The zero-order valence-corrected chi connectivity index (χ0v) is 13.8. The Labute approximate surface area is 135 Å². The molecule has 1 N–H and O–H groups in total. The van der Waals surface area contributed by atoms with Gasteiger partial charge < -0.3 is 9.88 Å². The van der Waals surface area contributed by atoms with E-state index in [0.29, 0.717) is 38.2 Å². The Morgan fingerprint density at radius 3 is 2.87 bits per heavy atom. The van der Waals surface area contributed by atoms with Gasteiger partial charge in [-0.1, -0.05) is 0 Å². The van der Waals surface area contributed by atoms with E-state index >= 15 is 0 Å². The molecule has 0 radical (unpaired) electrons. The number of nitrogens with one attached hydrogen (secondary N) is 1. The number of hydrogen-bond acceptors (Lipinski definition) is 4. The van der Waals surface area contributed by atoms with Crippen LogP contribution in [0.2, 0.25) is 0 Å². The van der Waals surface area contributed by atoms with E-state index in [0.717, 1.165) is 11.0 Å². The molecule has 1 aromatic carbocycles. The molecule has 8 heteroatoms. The Morgan fingerprint density at radius 2 is 2.09 bits per heavy atom. The van der Waals surface area contributed by atoms with E-state index in [1.165, 1.54) is 4.31 Å². The summed E-state index contributed by atoms with van der Waals surface area (Å²) >= 11 is 0. The normalized spacial score (nSPS) is 17.3. The predicted molar refractivity (Wildman–Crippen MR) is 87.6 cm³/mol. The van der Waals surface area contributed by atoms with Gasteiger partial charge in [0.2, 0.25) is 10.0 Å². The van der Waals surface area contributed by atoms with Crippen molar-refractivity contribution in [3.63, 3.8) is 0 Å². The minimum atomic E-state index is -3.20. The van der Waals surface area contributed by atoms with Gasteiger partial charge in [0.1, 0.15) is 0 Å². The van der Waals surface area contributed by atoms with Crippen LogP contribution in [0.3, 0.4) is 0 Å². The maximum absolute atomic E-state index is 12.7. The minimum absolute atomic E-state index is 0.0720. The number of sulfonamides is 1. The second kappa shape index (κ2) is 6.29. The smallest absolute Gasteiger partial charge is 0.253 e. The van der Waals surface area contributed by atoms with E-state index in [9.17, 15) is 13.2 Å². The largest absolute Gasteiger partial charge is 0.345 e. The van der Waals surface area contributed by atoms with Gasteiger partial charge in [-0.25, -0.2) is 17.7 Å². The summed E-state index contributed by atoms with van der Waals surface area (Å²) in [5, 5.41) is 0. The molecule has 124 valence electrons. The minimum Gasteiger partial charge on any atom is -0.345 e. The summed E-state index contributed by atoms with van der Waals surface area (Å²) < 4.78 is 25.4. The molecule has 23 heavy (non-hydrogen) atoms. The molecule has 0 aliphatic carbocycles. The van der Waals surface area contributed by atoms with Crippen LogP contribution in [0.5, 0.6) is 0 Å². The average Bonchev–Trinajstić information content (AvgIpc) is 2.87. The van der Waals surface area contributed by atoms with E-state index in [-0.39, 0.29) is 11.7 Å². The summed E-state index contributed by atoms with van der Waals surface area (Å²) in [6.07, 6.45) is 2.25. The third-order valence-corrected chi connectivity index (χ3v) is 6.05. The van der Waals surface area contributed by atoms with Crippen molar-refractivity contribution in [2.75, 3.05) is 31.9 Å². The first-order valence-electron chi connectivity index (χ1n) is 7.71. The molecule has 2 aromatic rings. The number of aromatic amines is 1. The molecular formula is C15H20N4O3S. The lowest BCUT2D eigenvalue weighted by Crippen LogP contribution is -2.37. The first kappa shape index (κ1) is 15.9. The molecule has 1 saturated heterocycles. The molecule has 1 aromatic heterocycles. The Hall–Kier alpha value is -1.93. The van der Waals surface area contributed by atoms with E-state index in [1.54, 1.807) is 30.3 Å². The maximum atomic E-state index is 12.7. The van der Waals surface area contributed by atoms with Crippen molar-refractivity contribution < 1.29 is 13.2 Å². The van der Waals surface area contributed by atoms with Crippen molar-refractivity contribution in [2.24, 2.45) is 0 Å². The van der Waals surface area contributed by atoms with E-state index in [1.807, 2.05) is 6.07 Å². The molecule has 0 saturated carbocycles. The van der Waals surface area contributed by atoms with E-state index < -0.39 is 10.0 Å². The number of fused-ring (bicyclic) bond motifs is 1. The summed E-state index contributed by atoms with van der Waals surface area (Å²) in [6, 6.07) is 5.36. The molecule has 1 amide bonds. The number of nitrogens with zero attached hydrogens (tertiary/aromatic N) is 3. The van der Waals surface area contributed by atoms with Crippen LogP contribution in [-0.2, 0) is 10.0 Å². The number of imidazole rings is 1. The lowest BCUT2D eigenvalue weighted by atomic mass is 10.1. The van der Waals surface area contributed by atoms with Crippen LogP contribution in [0.15, 0.2) is 24.5 Å². The highest BCUT2D eigenvalue weighted by Gasteiger charge is 2.26. The van der Waals surface area contributed by atoms with Crippen LogP contribution in [0, 0.1) is 0 Å². The highest BCUT2D eigenvalue weighted by atomic mass is 32.2. The lowest BCUT2D eigenvalue weighted by molar-refractivity contribution is 0.0764. The molecule has 3 rings (SSSR count). The summed E-state index contributed by atoms with van der Waals surface area (Å²) in [7, 11) is -3.20. The Bertz CT molecular complexity index is 815. The summed E-state index contributed by atoms with van der Waals surface area (Å²) in [5.74, 6) is 0.0227. The van der Waals surface area contributed by atoms with E-state index in [4.69, 9.17) is 0 Å². The number of aromatic nitrogens is 2. The zero-order chi connectivity index (χ0) is 16.4. The molecular weight excluding hydrogens is 316 g/mol. The fraction of sp³-hybridized carbons (Fsp3) is 0.467. The Morgan fingerprint density at radius 1 is 1.26 bits per heavy atom. The molecule has 2 heterocycles. The van der Waals surface area contributed by atoms with E-state index in [2.05, 4.69) is 9.97 Å². The number of amides is 1. The fourth-order valence-electron chi connectivity index (χ4n) is 2.81. The third-order valence-electron chi connectivity index (χ3n) is 4.17. The van der Waals surface area contributed by atoms with Gasteiger partial charge in [0, 0.05) is 31.7 Å². The molecule has 0 atom stereocenters. The van der Waals surface area contributed by atoms with Crippen LogP contribution in [0.25, 0.3) is 11.0 Å². The first-order chi connectivity index (χ1) is 11.0. The highest BCUT2D eigenvalue weighted by Crippen LogP contribution is 2.15. The number of rotatable bonds is 3. The molecule has 1 aliphatic rings. The topological polar surface area (TPSA) is 86.4 Å². The molecule has 0 bridgehead atoms. The maximum Gasteiger partial charge on any atom is 0.253 e. The Kier molecular flexibility index (Phi) is 4.36. The van der Waals surface area contributed by atoms with Crippen molar-refractivity contribution >= 4 is 27.0 Å². The van der Waals surface area contributed by atoms with Crippen LogP contribution in [-0.4, -0.2) is 65.4 Å². The van der Waals surface area contributed by atoms with Gasteiger partial charge in [-0.3, -0.25) is 4.79 Å². The SMILES string of the molecule is CCS(=O)(=O)N1CCCN(C(=O)c2ccc3nc[nH]c3c2)CC1. The fourth-order valence-corrected chi connectivity index (χ4v) is 3.94. The van der Waals surface area contributed by atoms with Gasteiger partial charge in [0.05, 0.1) is 23.1 Å². The second-order valence-electron chi connectivity index (χ2n) is 5.58. The van der Waals surface area contributed by atoms with Crippen molar-refractivity contribution in [3.8, 4) is 0 Å². The number of H-pyrrole nitrogens is 1. The van der Waals surface area contributed by atoms with Gasteiger partial charge in [0.15, 0.2) is 0 Å². The molecule has 1 fully saturated rings. The molecule has 0 unspecified atom stereocenters. The van der Waals surface area contributed by atoms with Crippen LogP contribution in [0.4, 0.5) is 0 Å². The summed E-state index contributed by atoms with van der Waals surface area (Å²) in [6.45, 7) is 3.45. The van der Waals surface area contributed by atoms with Gasteiger partial charge in [0.25, 0.3) is 5.91 Å². The summed E-state index contributed by atoms with van der Waals surface area (Å²) in [5.41, 5.74) is 2.23. The first-order valence-corrected chi connectivity index (χ1v) is 9.32. The van der Waals surface area contributed by atoms with Gasteiger partial charge in [-0.2, -0.15) is 0 Å². The van der Waals surface area contributed by atoms with Gasteiger partial charge in [-0.05, 0) is 31.5 Å². The van der Waals surface area contributed by atoms with Gasteiger partial charge in [-0.15, -0.1) is 0 Å². The quantitative estimate of drug-likeness (QED) is 0.908. The van der Waals surface area contributed by atoms with Crippen LogP contribution in [0.1, 0.15) is 23.7 Å². The van der Waals surface area contributed by atoms with Crippen LogP contribution < -0.4 is 0 Å². The zero-order valence-electron chi connectivity index (χ0n) is 13.0. The molecule has 1 aliphatic heterocycles.